The van der Waals surface area contributed by atoms with E-state index in [0.29, 0.717) is 44.1 Å². The van der Waals surface area contributed by atoms with Gasteiger partial charge in [-0.3, -0.25) is 14.4 Å². The topological polar surface area (TPSA) is 189 Å². The molecule has 1 aliphatic carbocycles. The third-order valence-electron chi connectivity index (χ3n) is 10.4. The summed E-state index contributed by atoms with van der Waals surface area (Å²) >= 11 is 0. The van der Waals surface area contributed by atoms with Gasteiger partial charge in [-0.05, 0) is 130 Å². The van der Waals surface area contributed by atoms with Gasteiger partial charge in [-0.1, -0.05) is 36.4 Å². The Morgan fingerprint density at radius 1 is 0.821 bits per heavy atom. The molecule has 296 valence electrons. The number of amides is 4. The lowest BCUT2D eigenvalue weighted by Gasteiger charge is -2.29. The van der Waals surface area contributed by atoms with E-state index in [4.69, 9.17) is 9.47 Å². The third-order valence-corrected chi connectivity index (χ3v) is 10.4. The fourth-order valence-corrected chi connectivity index (χ4v) is 7.09. The van der Waals surface area contributed by atoms with Crippen molar-refractivity contribution in [1.82, 2.24) is 31.3 Å². The predicted molar refractivity (Wildman–Crippen MR) is 212 cm³/mol. The summed E-state index contributed by atoms with van der Waals surface area (Å²) in [4.78, 5) is 52.7. The molecule has 56 heavy (non-hydrogen) atoms. The van der Waals surface area contributed by atoms with Crippen LogP contribution in [0.4, 0.5) is 16.2 Å². The minimum absolute atomic E-state index is 0.0152. The molecule has 4 aromatic rings. The highest BCUT2D eigenvalue weighted by molar-refractivity contribution is 5.98. The van der Waals surface area contributed by atoms with Gasteiger partial charge in [-0.15, -0.1) is 10.2 Å². The summed E-state index contributed by atoms with van der Waals surface area (Å²) in [6.45, 7) is 9.14. The standard InChI is InChI=1S/C42H52N8O6/c1-26-5-10-33(24-35(26)45-39(52)32-19-21-55-22-20-32)29-11-6-27(7-12-29)23-36(40(53)44-34-17-15-30(16-18-34)37-47-49-50-48-37)46-38(51)31-13-8-28(9-14-31)25-43-41(54)56-42(2,3)4/h5-7,10-12,15-18,24,28,31-32,36H,8-9,13-14,19-23,25H2,1-4H3,(H,43,54)(H,44,53)(H,45,52)(H,46,51)(H,47,48,49,50)/t28?,31?,36-/m0/s1. The number of nitrogens with zero attached hydrogens (tertiary/aromatic N) is 3. The molecule has 0 bridgehead atoms. The maximum Gasteiger partial charge on any atom is 0.407 e. The SMILES string of the molecule is Cc1ccc(-c2ccc(C[C@H](NC(=O)C3CCC(CNC(=O)OC(C)(C)C)CC3)C(=O)Nc3ccc(-c4nn[nH]n4)cc3)cc2)cc1NC(=O)C1CCOCC1. The number of aryl methyl sites for hydroxylation is 1. The first-order valence-electron chi connectivity index (χ1n) is 19.4. The summed E-state index contributed by atoms with van der Waals surface area (Å²) < 4.78 is 10.8. The van der Waals surface area contributed by atoms with E-state index in [1.54, 1.807) is 24.3 Å². The second-order valence-electron chi connectivity index (χ2n) is 15.8. The van der Waals surface area contributed by atoms with Crippen molar-refractivity contribution in [3.05, 3.63) is 77.9 Å². The largest absolute Gasteiger partial charge is 0.444 e. The Kier molecular flexibility index (Phi) is 13.1. The van der Waals surface area contributed by atoms with E-state index in [1.807, 2.05) is 70.2 Å². The zero-order valence-corrected chi connectivity index (χ0v) is 32.5. The van der Waals surface area contributed by atoms with Crippen molar-refractivity contribution < 1.29 is 28.7 Å². The number of hydrogen-bond acceptors (Lipinski definition) is 9. The first-order chi connectivity index (χ1) is 26.9. The molecule has 2 aliphatic rings. The Morgan fingerprint density at radius 3 is 2.14 bits per heavy atom. The van der Waals surface area contributed by atoms with Gasteiger partial charge in [-0.25, -0.2) is 4.79 Å². The zero-order chi connectivity index (χ0) is 39.7. The van der Waals surface area contributed by atoms with Gasteiger partial charge in [0.25, 0.3) is 0 Å². The van der Waals surface area contributed by atoms with Crippen LogP contribution in [0.25, 0.3) is 22.5 Å². The molecule has 14 nitrogen and oxygen atoms in total. The molecule has 0 unspecified atom stereocenters. The van der Waals surface area contributed by atoms with Crippen molar-refractivity contribution in [2.24, 2.45) is 17.8 Å². The Bertz CT molecular complexity index is 1950. The lowest BCUT2D eigenvalue weighted by Crippen LogP contribution is -2.48. The Balaban J connectivity index is 1.11. The van der Waals surface area contributed by atoms with Crippen LogP contribution in [0.5, 0.6) is 0 Å². The Morgan fingerprint density at radius 2 is 1.48 bits per heavy atom. The van der Waals surface area contributed by atoms with Crippen molar-refractivity contribution in [2.75, 3.05) is 30.4 Å². The fourth-order valence-electron chi connectivity index (χ4n) is 7.09. The molecule has 1 aromatic heterocycles. The predicted octanol–water partition coefficient (Wildman–Crippen LogP) is 6.20. The monoisotopic (exact) mass is 764 g/mol. The number of nitrogens with one attached hydrogen (secondary N) is 5. The highest BCUT2D eigenvalue weighted by Crippen LogP contribution is 2.30. The van der Waals surface area contributed by atoms with Crippen LogP contribution in [0.1, 0.15) is 70.4 Å². The molecule has 2 heterocycles. The zero-order valence-electron chi connectivity index (χ0n) is 32.5. The Labute approximate surface area is 327 Å². The van der Waals surface area contributed by atoms with Crippen LogP contribution in [0.3, 0.4) is 0 Å². The van der Waals surface area contributed by atoms with Crippen molar-refractivity contribution >= 4 is 35.2 Å². The highest BCUT2D eigenvalue weighted by Gasteiger charge is 2.30. The van der Waals surface area contributed by atoms with Crippen LogP contribution in [0, 0.1) is 24.7 Å². The number of benzene rings is 3. The van der Waals surface area contributed by atoms with Gasteiger partial charge in [0.15, 0.2) is 0 Å². The van der Waals surface area contributed by atoms with Crippen LogP contribution in [-0.2, 0) is 30.3 Å². The van der Waals surface area contributed by atoms with Crippen molar-refractivity contribution in [1.29, 1.82) is 0 Å². The molecule has 0 radical (unpaired) electrons. The average molecular weight is 765 g/mol. The van der Waals surface area contributed by atoms with E-state index in [0.717, 1.165) is 59.2 Å². The van der Waals surface area contributed by atoms with Gasteiger partial charge < -0.3 is 30.7 Å². The summed E-state index contributed by atoms with van der Waals surface area (Å²) in [5.74, 6) is -0.114. The molecule has 1 saturated heterocycles. The number of alkyl carbamates (subject to hydrolysis) is 1. The first kappa shape index (κ1) is 40.0. The molecule has 4 amide bonds. The molecule has 3 aromatic carbocycles. The quantitative estimate of drug-likeness (QED) is 0.112. The molecular weight excluding hydrogens is 713 g/mol. The van der Waals surface area contributed by atoms with Gasteiger partial charge in [0.2, 0.25) is 23.5 Å². The molecule has 1 saturated carbocycles. The van der Waals surface area contributed by atoms with Crippen LogP contribution in [-0.4, -0.2) is 75.8 Å². The number of carbonyl (C=O) groups excluding carboxylic acids is 4. The lowest BCUT2D eigenvalue weighted by atomic mass is 9.81. The number of tetrazole rings is 1. The number of hydrogen-bond donors (Lipinski definition) is 5. The molecule has 5 N–H and O–H groups in total. The van der Waals surface area contributed by atoms with Gasteiger partial charge in [0.05, 0.1) is 0 Å². The van der Waals surface area contributed by atoms with E-state index in [1.165, 1.54) is 0 Å². The van der Waals surface area contributed by atoms with Crippen molar-refractivity contribution in [2.45, 2.75) is 84.3 Å². The van der Waals surface area contributed by atoms with E-state index in [9.17, 15) is 19.2 Å². The van der Waals surface area contributed by atoms with Crippen LogP contribution < -0.4 is 21.3 Å². The third kappa shape index (κ3) is 11.2. The lowest BCUT2D eigenvalue weighted by molar-refractivity contribution is -0.130. The molecule has 6 rings (SSSR count). The number of H-pyrrole nitrogens is 1. The second kappa shape index (κ2) is 18.3. The minimum atomic E-state index is -0.844. The number of aromatic amines is 1. The summed E-state index contributed by atoms with van der Waals surface area (Å²) in [6, 6.07) is 20.2. The maximum atomic E-state index is 13.9. The molecule has 1 atom stereocenters. The van der Waals surface area contributed by atoms with Crippen molar-refractivity contribution in [3.63, 3.8) is 0 Å². The average Bonchev–Trinajstić information content (AvgIpc) is 3.73. The Hall–Kier alpha value is -5.63. The van der Waals surface area contributed by atoms with Gasteiger partial charge in [0.1, 0.15) is 11.6 Å². The van der Waals surface area contributed by atoms with Crippen LogP contribution in [0.15, 0.2) is 66.7 Å². The molecule has 0 spiro atoms. The van der Waals surface area contributed by atoms with E-state index in [-0.39, 0.29) is 41.9 Å². The normalized spacial score (nSPS) is 18.0. The summed E-state index contributed by atoms with van der Waals surface area (Å²) in [5.41, 5.74) is 5.27. The van der Waals surface area contributed by atoms with E-state index in [2.05, 4.69) is 41.9 Å². The maximum absolute atomic E-state index is 13.9. The van der Waals surface area contributed by atoms with Gasteiger partial charge in [-0.2, -0.15) is 5.21 Å². The molecule has 2 fully saturated rings. The number of carbonyl (C=O) groups is 4. The summed E-state index contributed by atoms with van der Waals surface area (Å²) in [6.07, 6.45) is 4.13. The van der Waals surface area contributed by atoms with Crippen LogP contribution >= 0.6 is 0 Å². The number of ether oxygens (including phenoxy) is 2. The number of aromatic nitrogens is 4. The first-order valence-corrected chi connectivity index (χ1v) is 19.4. The molecule has 14 heteroatoms. The van der Waals surface area contributed by atoms with Crippen LogP contribution in [0.2, 0.25) is 0 Å². The fraction of sp³-hybridized carbons (Fsp3) is 0.452. The molecular formula is C42H52N8O6. The van der Waals surface area contributed by atoms with Gasteiger partial charge >= 0.3 is 6.09 Å². The minimum Gasteiger partial charge on any atom is -0.444 e. The van der Waals surface area contributed by atoms with Gasteiger partial charge in [0, 0.05) is 55.0 Å². The highest BCUT2D eigenvalue weighted by atomic mass is 16.6. The number of rotatable bonds is 12. The van der Waals surface area contributed by atoms with Crippen molar-refractivity contribution in [3.8, 4) is 22.5 Å². The van der Waals surface area contributed by atoms with E-state index < -0.39 is 17.7 Å². The number of anilines is 2. The molecule has 1 aliphatic heterocycles. The summed E-state index contributed by atoms with van der Waals surface area (Å²) in [7, 11) is 0. The second-order valence-corrected chi connectivity index (χ2v) is 15.8. The van der Waals surface area contributed by atoms with E-state index >= 15 is 0 Å². The summed E-state index contributed by atoms with van der Waals surface area (Å²) in [5, 5.41) is 26.0. The smallest absolute Gasteiger partial charge is 0.407 e.